The average Bonchev–Trinajstić information content (AvgIpc) is 2.81. The zero-order valence-electron chi connectivity index (χ0n) is 11.1. The molecule has 4 heteroatoms. The number of hydrogen-bond donors (Lipinski definition) is 1. The zero-order valence-corrected chi connectivity index (χ0v) is 11.9. The molecule has 1 atom stereocenters. The Balaban J connectivity index is 2.20. The van der Waals surface area contributed by atoms with Crippen LogP contribution in [-0.2, 0) is 6.42 Å². The van der Waals surface area contributed by atoms with E-state index in [4.69, 9.17) is 5.73 Å². The molecular formula is C14H19N3S. The highest BCUT2D eigenvalue weighted by molar-refractivity contribution is 7.05. The van der Waals surface area contributed by atoms with E-state index in [1.54, 1.807) is 0 Å². The minimum Gasteiger partial charge on any atom is -0.323 e. The number of benzene rings is 1. The van der Waals surface area contributed by atoms with Crippen molar-refractivity contribution in [3.8, 4) is 0 Å². The van der Waals surface area contributed by atoms with Crippen LogP contribution in [-0.4, -0.2) is 9.59 Å². The summed E-state index contributed by atoms with van der Waals surface area (Å²) in [6.45, 7) is 6.37. The van der Waals surface area contributed by atoms with E-state index in [9.17, 15) is 0 Å². The van der Waals surface area contributed by atoms with Crippen LogP contribution in [0.5, 0.6) is 0 Å². The molecule has 0 fully saturated rings. The first kappa shape index (κ1) is 13.2. The molecule has 0 amide bonds. The Morgan fingerprint density at radius 2 is 2.00 bits per heavy atom. The lowest BCUT2D eigenvalue weighted by Gasteiger charge is -2.13. The van der Waals surface area contributed by atoms with Gasteiger partial charge in [0.1, 0.15) is 0 Å². The molecule has 0 aliphatic carbocycles. The van der Waals surface area contributed by atoms with Gasteiger partial charge in [0.2, 0.25) is 0 Å². The lowest BCUT2D eigenvalue weighted by molar-refractivity contribution is 0.698. The molecule has 0 aliphatic heterocycles. The third kappa shape index (κ3) is 2.76. The maximum Gasteiger partial charge on any atom is 0.0829 e. The second-order valence-electron chi connectivity index (χ2n) is 4.91. The van der Waals surface area contributed by atoms with Crippen molar-refractivity contribution < 1.29 is 0 Å². The summed E-state index contributed by atoms with van der Waals surface area (Å²) in [5.41, 5.74) is 9.94. The van der Waals surface area contributed by atoms with Gasteiger partial charge in [0.05, 0.1) is 10.6 Å². The predicted octanol–water partition coefficient (Wildman–Crippen LogP) is 3.21. The average molecular weight is 261 g/mol. The first-order valence-corrected chi connectivity index (χ1v) is 6.99. The Labute approximate surface area is 112 Å². The van der Waals surface area contributed by atoms with Crippen molar-refractivity contribution in [2.75, 3.05) is 0 Å². The van der Waals surface area contributed by atoms with E-state index < -0.39 is 0 Å². The van der Waals surface area contributed by atoms with E-state index in [0.29, 0.717) is 5.92 Å². The third-order valence-corrected chi connectivity index (χ3v) is 4.00. The van der Waals surface area contributed by atoms with Gasteiger partial charge in [0.15, 0.2) is 0 Å². The van der Waals surface area contributed by atoms with Crippen molar-refractivity contribution in [1.29, 1.82) is 0 Å². The number of nitrogens with two attached hydrogens (primary N) is 1. The van der Waals surface area contributed by atoms with Gasteiger partial charge in [-0.3, -0.25) is 0 Å². The number of aryl methyl sites for hydroxylation is 1. The van der Waals surface area contributed by atoms with Gasteiger partial charge in [-0.2, -0.15) is 0 Å². The summed E-state index contributed by atoms with van der Waals surface area (Å²) in [6.07, 6.45) is 0.844. The van der Waals surface area contributed by atoms with E-state index in [-0.39, 0.29) is 6.04 Å². The van der Waals surface area contributed by atoms with Crippen LogP contribution >= 0.6 is 11.5 Å². The molecule has 1 aromatic carbocycles. The summed E-state index contributed by atoms with van der Waals surface area (Å²) in [5.74, 6) is 0.377. The molecule has 1 unspecified atom stereocenters. The van der Waals surface area contributed by atoms with Gasteiger partial charge in [-0.1, -0.05) is 42.6 Å². The van der Waals surface area contributed by atoms with Gasteiger partial charge >= 0.3 is 0 Å². The normalized spacial score (nSPS) is 12.9. The maximum atomic E-state index is 6.31. The molecule has 1 aromatic heterocycles. The Morgan fingerprint density at radius 1 is 1.28 bits per heavy atom. The van der Waals surface area contributed by atoms with E-state index in [1.807, 2.05) is 0 Å². The molecule has 0 spiro atoms. The second-order valence-corrected chi connectivity index (χ2v) is 5.70. The van der Waals surface area contributed by atoms with Gasteiger partial charge < -0.3 is 5.73 Å². The third-order valence-electron chi connectivity index (χ3n) is 3.12. The smallest absolute Gasteiger partial charge is 0.0829 e. The Morgan fingerprint density at radius 3 is 2.67 bits per heavy atom. The molecule has 96 valence electrons. The van der Waals surface area contributed by atoms with Crippen LogP contribution in [0.15, 0.2) is 24.3 Å². The highest BCUT2D eigenvalue weighted by atomic mass is 32.1. The Bertz CT molecular complexity index is 519. The van der Waals surface area contributed by atoms with Gasteiger partial charge in [0, 0.05) is 6.04 Å². The number of nitrogens with zero attached hydrogens (tertiary/aromatic N) is 2. The van der Waals surface area contributed by atoms with E-state index in [2.05, 4.69) is 54.6 Å². The van der Waals surface area contributed by atoms with Crippen LogP contribution in [0.3, 0.4) is 0 Å². The van der Waals surface area contributed by atoms with Crippen LogP contribution in [0.25, 0.3) is 0 Å². The van der Waals surface area contributed by atoms with Crippen molar-refractivity contribution in [2.24, 2.45) is 5.73 Å². The number of rotatable bonds is 4. The summed E-state index contributed by atoms with van der Waals surface area (Å²) < 4.78 is 4.04. The van der Waals surface area contributed by atoms with Gasteiger partial charge in [-0.15, -0.1) is 5.10 Å². The fourth-order valence-corrected chi connectivity index (χ4v) is 2.84. The van der Waals surface area contributed by atoms with Crippen molar-refractivity contribution in [2.45, 2.75) is 39.2 Å². The van der Waals surface area contributed by atoms with Crippen LogP contribution in [0.1, 0.15) is 47.5 Å². The SMILES string of the molecule is Cc1ccccc1CC(N)c1snnc1C(C)C. The summed E-state index contributed by atoms with van der Waals surface area (Å²) in [6, 6.07) is 8.36. The van der Waals surface area contributed by atoms with Crippen LogP contribution in [0.2, 0.25) is 0 Å². The molecule has 0 bridgehead atoms. The lowest BCUT2D eigenvalue weighted by atomic mass is 9.98. The molecular weight excluding hydrogens is 242 g/mol. The summed E-state index contributed by atoms with van der Waals surface area (Å²) in [7, 11) is 0. The molecule has 0 saturated heterocycles. The fourth-order valence-electron chi connectivity index (χ4n) is 2.03. The van der Waals surface area contributed by atoms with E-state index >= 15 is 0 Å². The minimum absolute atomic E-state index is 0.0106. The molecule has 2 aromatic rings. The second kappa shape index (κ2) is 5.59. The summed E-state index contributed by atoms with van der Waals surface area (Å²) in [4.78, 5) is 1.12. The molecule has 3 nitrogen and oxygen atoms in total. The van der Waals surface area contributed by atoms with Gasteiger partial charge in [-0.05, 0) is 41.9 Å². The fraction of sp³-hybridized carbons (Fsp3) is 0.429. The Hall–Kier alpha value is -1.26. The van der Waals surface area contributed by atoms with Crippen LogP contribution in [0.4, 0.5) is 0 Å². The first-order chi connectivity index (χ1) is 8.59. The first-order valence-electron chi connectivity index (χ1n) is 6.21. The molecule has 0 radical (unpaired) electrons. The van der Waals surface area contributed by atoms with E-state index in [1.165, 1.54) is 22.7 Å². The molecule has 0 saturated carbocycles. The van der Waals surface area contributed by atoms with Gasteiger partial charge in [-0.25, -0.2) is 0 Å². The molecule has 18 heavy (non-hydrogen) atoms. The number of hydrogen-bond acceptors (Lipinski definition) is 4. The molecule has 2 N–H and O–H groups in total. The zero-order chi connectivity index (χ0) is 13.1. The highest BCUT2D eigenvalue weighted by Gasteiger charge is 2.18. The van der Waals surface area contributed by atoms with Gasteiger partial charge in [0.25, 0.3) is 0 Å². The van der Waals surface area contributed by atoms with Crippen LogP contribution in [0, 0.1) is 6.92 Å². The molecule has 2 rings (SSSR count). The summed E-state index contributed by atoms with van der Waals surface area (Å²) in [5, 5.41) is 4.19. The van der Waals surface area contributed by atoms with Crippen molar-refractivity contribution in [3.63, 3.8) is 0 Å². The molecule has 1 heterocycles. The highest BCUT2D eigenvalue weighted by Crippen LogP contribution is 2.27. The quantitative estimate of drug-likeness (QED) is 0.919. The standard InChI is InChI=1S/C14H19N3S/c1-9(2)13-14(18-17-16-13)12(15)8-11-7-5-4-6-10(11)3/h4-7,9,12H,8,15H2,1-3H3. The largest absolute Gasteiger partial charge is 0.323 e. The van der Waals surface area contributed by atoms with Crippen LogP contribution < -0.4 is 5.73 Å². The number of aromatic nitrogens is 2. The topological polar surface area (TPSA) is 51.8 Å². The van der Waals surface area contributed by atoms with Crippen molar-refractivity contribution >= 4 is 11.5 Å². The minimum atomic E-state index is -0.0106. The predicted molar refractivity (Wildman–Crippen MR) is 75.8 cm³/mol. The van der Waals surface area contributed by atoms with Crippen molar-refractivity contribution in [1.82, 2.24) is 9.59 Å². The monoisotopic (exact) mass is 261 g/mol. The Kier molecular flexibility index (Phi) is 4.09. The lowest BCUT2D eigenvalue weighted by Crippen LogP contribution is -2.15. The summed E-state index contributed by atoms with van der Waals surface area (Å²) >= 11 is 1.42. The van der Waals surface area contributed by atoms with Crippen molar-refractivity contribution in [3.05, 3.63) is 46.0 Å². The maximum absolute atomic E-state index is 6.31. The van der Waals surface area contributed by atoms with E-state index in [0.717, 1.165) is 17.0 Å². The molecule has 0 aliphatic rings.